The smallest absolute Gasteiger partial charge is 0.266 e. The maximum absolute atomic E-state index is 11.7. The van der Waals surface area contributed by atoms with Gasteiger partial charge in [-0.2, -0.15) is 5.26 Å². The molecule has 0 fully saturated rings. The number of nitrogens with zero attached hydrogens (tertiary/aromatic N) is 1. The van der Waals surface area contributed by atoms with Crippen LogP contribution in [0, 0.1) is 11.3 Å². The lowest BCUT2D eigenvalue weighted by atomic mass is 10.1. The number of hydrogen-bond acceptors (Lipinski definition) is 3. The van der Waals surface area contributed by atoms with E-state index in [0.29, 0.717) is 0 Å². The van der Waals surface area contributed by atoms with E-state index < -0.39 is 0 Å². The third-order valence-corrected chi connectivity index (χ3v) is 3.97. The van der Waals surface area contributed by atoms with Crippen molar-refractivity contribution in [2.45, 2.75) is 0 Å². The van der Waals surface area contributed by atoms with Gasteiger partial charge in [-0.25, -0.2) is 0 Å². The average Bonchev–Trinajstić information content (AvgIpc) is 2.97. The van der Waals surface area contributed by atoms with Gasteiger partial charge in [-0.3, -0.25) is 4.79 Å². The van der Waals surface area contributed by atoms with E-state index in [0.717, 1.165) is 21.7 Å². The van der Waals surface area contributed by atoms with Crippen LogP contribution in [0.5, 0.6) is 0 Å². The summed E-state index contributed by atoms with van der Waals surface area (Å²) in [5.41, 5.74) is 2.71. The Hall–Kier alpha value is -2.64. The van der Waals surface area contributed by atoms with Crippen LogP contribution in [-0.4, -0.2) is 4.98 Å². The van der Waals surface area contributed by atoms with Crippen LogP contribution in [0.25, 0.3) is 21.7 Å². The first-order valence-electron chi connectivity index (χ1n) is 6.06. The molecule has 4 heteroatoms. The summed E-state index contributed by atoms with van der Waals surface area (Å²) in [6, 6.07) is 17.3. The Bertz CT molecular complexity index is 841. The number of pyridine rings is 1. The van der Waals surface area contributed by atoms with Crippen LogP contribution in [0.3, 0.4) is 0 Å². The normalized spacial score (nSPS) is 10.2. The van der Waals surface area contributed by atoms with E-state index in [4.69, 9.17) is 5.26 Å². The van der Waals surface area contributed by atoms with Crippen molar-refractivity contribution in [1.82, 2.24) is 4.98 Å². The lowest BCUT2D eigenvalue weighted by Crippen LogP contribution is -2.09. The summed E-state index contributed by atoms with van der Waals surface area (Å²) in [4.78, 5) is 15.5. The molecule has 96 valence electrons. The van der Waals surface area contributed by atoms with Crippen LogP contribution >= 0.6 is 11.3 Å². The Morgan fingerprint density at radius 2 is 1.85 bits per heavy atom. The second-order valence-corrected chi connectivity index (χ2v) is 5.17. The third-order valence-electron chi connectivity index (χ3n) is 3.02. The Kier molecular flexibility index (Phi) is 3.20. The van der Waals surface area contributed by atoms with Crippen LogP contribution in [0.4, 0.5) is 0 Å². The van der Waals surface area contributed by atoms with Crippen LogP contribution in [0.2, 0.25) is 0 Å². The highest BCUT2D eigenvalue weighted by Gasteiger charge is 2.10. The molecule has 2 heterocycles. The van der Waals surface area contributed by atoms with Gasteiger partial charge >= 0.3 is 0 Å². The zero-order chi connectivity index (χ0) is 13.9. The summed E-state index contributed by atoms with van der Waals surface area (Å²) < 4.78 is 0. The van der Waals surface area contributed by atoms with Crippen molar-refractivity contribution in [1.29, 1.82) is 5.26 Å². The molecule has 0 saturated heterocycles. The van der Waals surface area contributed by atoms with E-state index in [-0.39, 0.29) is 11.1 Å². The van der Waals surface area contributed by atoms with Gasteiger partial charge < -0.3 is 4.98 Å². The Morgan fingerprint density at radius 3 is 2.55 bits per heavy atom. The lowest BCUT2D eigenvalue weighted by Gasteiger charge is -2.04. The van der Waals surface area contributed by atoms with E-state index in [1.807, 2.05) is 47.8 Å². The monoisotopic (exact) mass is 278 g/mol. The number of hydrogen-bond donors (Lipinski definition) is 1. The third kappa shape index (κ3) is 2.15. The number of thiophene rings is 1. The van der Waals surface area contributed by atoms with Crippen molar-refractivity contribution in [2.75, 3.05) is 0 Å². The van der Waals surface area contributed by atoms with Crippen molar-refractivity contribution in [3.63, 3.8) is 0 Å². The van der Waals surface area contributed by atoms with Crippen LogP contribution in [-0.2, 0) is 0 Å². The minimum absolute atomic E-state index is 0.131. The predicted octanol–water partition coefficient (Wildman–Crippen LogP) is 3.64. The van der Waals surface area contributed by atoms with Crippen LogP contribution < -0.4 is 5.56 Å². The highest BCUT2D eigenvalue weighted by Crippen LogP contribution is 2.35. The SMILES string of the molecule is N#Cc1ccc(-c2sccc2-c2ccccc2)[nH]c1=O. The van der Waals surface area contributed by atoms with E-state index in [1.165, 1.54) is 0 Å². The lowest BCUT2D eigenvalue weighted by molar-refractivity contribution is 1.22. The highest BCUT2D eigenvalue weighted by molar-refractivity contribution is 7.14. The average molecular weight is 278 g/mol. The molecule has 0 radical (unpaired) electrons. The molecular formula is C16H10N2OS. The van der Waals surface area contributed by atoms with Crippen LogP contribution in [0.1, 0.15) is 5.56 Å². The van der Waals surface area contributed by atoms with Gasteiger partial charge in [-0.05, 0) is 29.1 Å². The van der Waals surface area contributed by atoms with Crippen molar-refractivity contribution in [3.05, 3.63) is 69.8 Å². The molecule has 3 rings (SSSR count). The molecule has 0 bridgehead atoms. The van der Waals surface area contributed by atoms with Gasteiger partial charge in [0.05, 0.1) is 10.6 Å². The van der Waals surface area contributed by atoms with Gasteiger partial charge in [0, 0.05) is 5.56 Å². The topological polar surface area (TPSA) is 56.6 Å². The predicted molar refractivity (Wildman–Crippen MR) is 80.5 cm³/mol. The number of aromatic amines is 1. The molecular weight excluding hydrogens is 268 g/mol. The fourth-order valence-corrected chi connectivity index (χ4v) is 2.96. The number of aromatic nitrogens is 1. The van der Waals surface area contributed by atoms with E-state index in [9.17, 15) is 4.79 Å². The molecule has 2 aromatic heterocycles. The van der Waals surface area contributed by atoms with Gasteiger partial charge in [0.2, 0.25) is 0 Å². The molecule has 0 unspecified atom stereocenters. The number of nitrogens with one attached hydrogen (secondary N) is 1. The highest BCUT2D eigenvalue weighted by atomic mass is 32.1. The number of H-pyrrole nitrogens is 1. The maximum atomic E-state index is 11.7. The first-order valence-corrected chi connectivity index (χ1v) is 6.94. The Labute approximate surface area is 119 Å². The van der Waals surface area contributed by atoms with Crippen molar-refractivity contribution < 1.29 is 0 Å². The minimum atomic E-state index is -0.350. The van der Waals surface area contributed by atoms with Gasteiger partial charge in [0.25, 0.3) is 5.56 Å². The van der Waals surface area contributed by atoms with Crippen molar-refractivity contribution in [2.24, 2.45) is 0 Å². The Balaban J connectivity index is 2.14. The zero-order valence-electron chi connectivity index (χ0n) is 10.5. The fraction of sp³-hybridized carbons (Fsp3) is 0. The van der Waals surface area contributed by atoms with E-state index >= 15 is 0 Å². The first kappa shape index (κ1) is 12.4. The summed E-state index contributed by atoms with van der Waals surface area (Å²) in [6.07, 6.45) is 0. The fourth-order valence-electron chi connectivity index (χ4n) is 2.06. The molecule has 0 atom stereocenters. The summed E-state index contributed by atoms with van der Waals surface area (Å²) in [7, 11) is 0. The summed E-state index contributed by atoms with van der Waals surface area (Å²) in [5.74, 6) is 0. The second-order valence-electron chi connectivity index (χ2n) is 4.26. The molecule has 0 aliphatic heterocycles. The van der Waals surface area contributed by atoms with Gasteiger partial charge in [-0.15, -0.1) is 11.3 Å². The van der Waals surface area contributed by atoms with Gasteiger partial charge in [0.1, 0.15) is 11.6 Å². The number of rotatable bonds is 2. The Morgan fingerprint density at radius 1 is 1.05 bits per heavy atom. The molecule has 3 aromatic rings. The zero-order valence-corrected chi connectivity index (χ0v) is 11.3. The number of benzene rings is 1. The molecule has 3 nitrogen and oxygen atoms in total. The molecule has 1 aromatic carbocycles. The molecule has 1 N–H and O–H groups in total. The van der Waals surface area contributed by atoms with E-state index in [2.05, 4.69) is 4.98 Å². The van der Waals surface area contributed by atoms with Crippen LogP contribution in [0.15, 0.2) is 58.7 Å². The standard InChI is InChI=1S/C16H10N2OS/c17-10-12-6-7-14(18-16(12)19)15-13(8-9-20-15)11-4-2-1-3-5-11/h1-9H,(H,18,19). The molecule has 0 aliphatic rings. The molecule has 0 spiro atoms. The van der Waals surface area contributed by atoms with Gasteiger partial charge in [-0.1, -0.05) is 30.3 Å². The first-order chi connectivity index (χ1) is 9.79. The largest absolute Gasteiger partial charge is 0.320 e. The maximum Gasteiger partial charge on any atom is 0.266 e. The minimum Gasteiger partial charge on any atom is -0.320 e. The number of nitriles is 1. The van der Waals surface area contributed by atoms with Crippen molar-refractivity contribution >= 4 is 11.3 Å². The quantitative estimate of drug-likeness (QED) is 0.778. The second kappa shape index (κ2) is 5.16. The summed E-state index contributed by atoms with van der Waals surface area (Å²) in [5, 5.41) is 10.8. The summed E-state index contributed by atoms with van der Waals surface area (Å²) >= 11 is 1.57. The molecule has 0 saturated carbocycles. The van der Waals surface area contributed by atoms with E-state index in [1.54, 1.807) is 23.5 Å². The molecule has 20 heavy (non-hydrogen) atoms. The summed E-state index contributed by atoms with van der Waals surface area (Å²) in [6.45, 7) is 0. The van der Waals surface area contributed by atoms with Gasteiger partial charge in [0.15, 0.2) is 0 Å². The molecule has 0 amide bonds. The van der Waals surface area contributed by atoms with Crippen molar-refractivity contribution in [3.8, 4) is 27.8 Å². The molecule has 0 aliphatic carbocycles.